The van der Waals surface area contributed by atoms with Crippen LogP contribution >= 0.6 is 11.6 Å². The average Bonchev–Trinajstić information content (AvgIpc) is 2.99. The molecule has 0 amide bonds. The van der Waals surface area contributed by atoms with Crippen LogP contribution in [0.15, 0.2) is 24.7 Å². The van der Waals surface area contributed by atoms with Crippen molar-refractivity contribution >= 4 is 22.8 Å². The van der Waals surface area contributed by atoms with Crippen LogP contribution in [0.5, 0.6) is 0 Å². The largest absolute Gasteiger partial charge is 0.311 e. The molecule has 3 heterocycles. The van der Waals surface area contributed by atoms with Crippen LogP contribution in [-0.2, 0) is 25.9 Å². The predicted octanol–water partition coefficient (Wildman–Crippen LogP) is 1.54. The molecule has 98 valence electrons. The Morgan fingerprint density at radius 2 is 2.21 bits per heavy atom. The lowest BCUT2D eigenvalue weighted by atomic mass is 10.4. The van der Waals surface area contributed by atoms with Gasteiger partial charge in [0.15, 0.2) is 11.5 Å². The van der Waals surface area contributed by atoms with Crippen molar-refractivity contribution in [2.45, 2.75) is 18.8 Å². The summed E-state index contributed by atoms with van der Waals surface area (Å²) in [7, 11) is 1.86. The standard InChI is InChI=1S/C12H13ClN6/c1-18-8-15-10(17-18)4-6-19-11(7-13)16-9-3-2-5-14-12(9)19/h2-3,5,8H,4,6-7H2,1H3. The molecule has 0 atom stereocenters. The van der Waals surface area contributed by atoms with E-state index >= 15 is 0 Å². The molecule has 0 radical (unpaired) electrons. The zero-order valence-electron chi connectivity index (χ0n) is 10.5. The summed E-state index contributed by atoms with van der Waals surface area (Å²) in [5.41, 5.74) is 1.72. The van der Waals surface area contributed by atoms with Gasteiger partial charge in [-0.2, -0.15) is 5.10 Å². The molecular weight excluding hydrogens is 264 g/mol. The van der Waals surface area contributed by atoms with Gasteiger partial charge in [0.25, 0.3) is 0 Å². The molecule has 0 aliphatic carbocycles. The SMILES string of the molecule is Cn1cnc(CCn2c(CCl)nc3cccnc32)n1. The normalized spacial score (nSPS) is 11.3. The Kier molecular flexibility index (Phi) is 3.16. The van der Waals surface area contributed by atoms with E-state index in [4.69, 9.17) is 11.6 Å². The highest BCUT2D eigenvalue weighted by Gasteiger charge is 2.11. The number of imidazole rings is 1. The fraction of sp³-hybridized carbons (Fsp3) is 0.333. The van der Waals surface area contributed by atoms with Crippen molar-refractivity contribution in [2.75, 3.05) is 0 Å². The molecule has 19 heavy (non-hydrogen) atoms. The van der Waals surface area contributed by atoms with E-state index in [1.54, 1.807) is 17.2 Å². The third kappa shape index (κ3) is 2.31. The van der Waals surface area contributed by atoms with Crippen LogP contribution in [0.4, 0.5) is 0 Å². The second kappa shape index (κ2) is 4.97. The molecule has 0 bridgehead atoms. The number of pyridine rings is 1. The molecule has 0 unspecified atom stereocenters. The van der Waals surface area contributed by atoms with Crippen LogP contribution in [-0.4, -0.2) is 29.3 Å². The summed E-state index contributed by atoms with van der Waals surface area (Å²) in [6.45, 7) is 0.722. The minimum atomic E-state index is 0.367. The van der Waals surface area contributed by atoms with Crippen molar-refractivity contribution in [1.29, 1.82) is 0 Å². The summed E-state index contributed by atoms with van der Waals surface area (Å²) >= 11 is 5.94. The minimum Gasteiger partial charge on any atom is -0.311 e. The molecule has 0 spiro atoms. The summed E-state index contributed by atoms with van der Waals surface area (Å²) in [5, 5.41) is 4.26. The minimum absolute atomic E-state index is 0.367. The van der Waals surface area contributed by atoms with Gasteiger partial charge >= 0.3 is 0 Å². The van der Waals surface area contributed by atoms with Crippen LogP contribution in [0.1, 0.15) is 11.6 Å². The first-order valence-corrected chi connectivity index (χ1v) is 6.52. The molecule has 3 rings (SSSR count). The number of hydrogen-bond acceptors (Lipinski definition) is 4. The molecule has 0 N–H and O–H groups in total. The van der Waals surface area contributed by atoms with Gasteiger partial charge in [0, 0.05) is 26.2 Å². The highest BCUT2D eigenvalue weighted by molar-refractivity contribution is 6.16. The van der Waals surface area contributed by atoms with Crippen LogP contribution in [0.2, 0.25) is 0 Å². The van der Waals surface area contributed by atoms with Gasteiger partial charge in [-0.1, -0.05) is 0 Å². The Bertz CT molecular complexity index is 701. The lowest BCUT2D eigenvalue weighted by molar-refractivity contribution is 0.650. The van der Waals surface area contributed by atoms with Gasteiger partial charge in [-0.15, -0.1) is 11.6 Å². The Labute approximate surface area is 115 Å². The van der Waals surface area contributed by atoms with E-state index in [2.05, 4.69) is 20.1 Å². The van der Waals surface area contributed by atoms with Gasteiger partial charge in [-0.3, -0.25) is 4.68 Å². The van der Waals surface area contributed by atoms with E-state index in [0.717, 1.165) is 35.8 Å². The van der Waals surface area contributed by atoms with Crippen LogP contribution in [0, 0.1) is 0 Å². The fourth-order valence-corrected chi connectivity index (χ4v) is 2.26. The highest BCUT2D eigenvalue weighted by atomic mass is 35.5. The van der Waals surface area contributed by atoms with Gasteiger partial charge in [0.05, 0.1) is 5.88 Å². The lowest BCUT2D eigenvalue weighted by Crippen LogP contribution is -2.07. The van der Waals surface area contributed by atoms with Crippen molar-refractivity contribution in [3.05, 3.63) is 36.3 Å². The average molecular weight is 277 g/mol. The maximum atomic E-state index is 5.94. The predicted molar refractivity (Wildman–Crippen MR) is 71.8 cm³/mol. The Hall–Kier alpha value is -1.95. The van der Waals surface area contributed by atoms with Gasteiger partial charge in [-0.05, 0) is 12.1 Å². The maximum Gasteiger partial charge on any atom is 0.160 e. The highest BCUT2D eigenvalue weighted by Crippen LogP contribution is 2.15. The summed E-state index contributed by atoms with van der Waals surface area (Å²) in [6, 6.07) is 3.81. The second-order valence-electron chi connectivity index (χ2n) is 4.24. The van der Waals surface area contributed by atoms with Crippen LogP contribution < -0.4 is 0 Å². The fourth-order valence-electron chi connectivity index (χ4n) is 2.05. The van der Waals surface area contributed by atoms with E-state index < -0.39 is 0 Å². The number of rotatable bonds is 4. The number of hydrogen-bond donors (Lipinski definition) is 0. The van der Waals surface area contributed by atoms with Gasteiger partial charge in [0.2, 0.25) is 0 Å². The first-order chi connectivity index (χ1) is 9.28. The van der Waals surface area contributed by atoms with Gasteiger partial charge < -0.3 is 4.57 Å². The summed E-state index contributed by atoms with van der Waals surface area (Å²) in [6.07, 6.45) is 4.19. The summed E-state index contributed by atoms with van der Waals surface area (Å²) in [4.78, 5) is 13.0. The number of aryl methyl sites for hydroxylation is 3. The zero-order valence-corrected chi connectivity index (χ0v) is 11.2. The van der Waals surface area contributed by atoms with Gasteiger partial charge in [-0.25, -0.2) is 15.0 Å². The molecule has 3 aromatic heterocycles. The van der Waals surface area contributed by atoms with Gasteiger partial charge in [0.1, 0.15) is 17.7 Å². The van der Waals surface area contributed by atoms with E-state index in [1.165, 1.54) is 0 Å². The van der Waals surface area contributed by atoms with E-state index in [9.17, 15) is 0 Å². The molecule has 0 aromatic carbocycles. The Balaban J connectivity index is 1.90. The van der Waals surface area contributed by atoms with E-state index in [-0.39, 0.29) is 0 Å². The number of alkyl halides is 1. The summed E-state index contributed by atoms with van der Waals surface area (Å²) in [5.74, 6) is 2.00. The van der Waals surface area contributed by atoms with Crippen molar-refractivity contribution in [2.24, 2.45) is 7.05 Å². The lowest BCUT2D eigenvalue weighted by Gasteiger charge is -2.04. The van der Waals surface area contributed by atoms with Crippen LogP contribution in [0.3, 0.4) is 0 Å². The Morgan fingerprint density at radius 3 is 2.95 bits per heavy atom. The third-order valence-electron chi connectivity index (χ3n) is 2.91. The van der Waals surface area contributed by atoms with Crippen molar-refractivity contribution in [1.82, 2.24) is 29.3 Å². The molecular formula is C12H13ClN6. The topological polar surface area (TPSA) is 61.4 Å². The second-order valence-corrected chi connectivity index (χ2v) is 4.51. The number of aromatic nitrogens is 6. The molecule has 0 aliphatic heterocycles. The number of halogens is 1. The van der Waals surface area contributed by atoms with E-state index in [1.807, 2.05) is 23.7 Å². The first-order valence-electron chi connectivity index (χ1n) is 5.98. The third-order valence-corrected chi connectivity index (χ3v) is 3.15. The maximum absolute atomic E-state index is 5.94. The van der Waals surface area contributed by atoms with E-state index in [0.29, 0.717) is 5.88 Å². The molecule has 6 nitrogen and oxygen atoms in total. The smallest absolute Gasteiger partial charge is 0.160 e. The summed E-state index contributed by atoms with van der Waals surface area (Å²) < 4.78 is 3.72. The molecule has 0 saturated carbocycles. The molecule has 3 aromatic rings. The zero-order chi connectivity index (χ0) is 13.2. The molecule has 7 heteroatoms. The molecule has 0 fully saturated rings. The first kappa shape index (κ1) is 12.1. The van der Waals surface area contributed by atoms with Crippen LogP contribution in [0.25, 0.3) is 11.2 Å². The Morgan fingerprint density at radius 1 is 1.32 bits per heavy atom. The molecule has 0 saturated heterocycles. The quantitative estimate of drug-likeness (QED) is 0.678. The monoisotopic (exact) mass is 276 g/mol. The van der Waals surface area contributed by atoms with Crippen molar-refractivity contribution in [3.63, 3.8) is 0 Å². The molecule has 0 aliphatic rings. The number of fused-ring (bicyclic) bond motifs is 1. The van der Waals surface area contributed by atoms with Crippen molar-refractivity contribution < 1.29 is 0 Å². The number of nitrogens with zero attached hydrogens (tertiary/aromatic N) is 6. The van der Waals surface area contributed by atoms with Crippen molar-refractivity contribution in [3.8, 4) is 0 Å².